The largest absolute Gasteiger partial charge is 0.382 e. The van der Waals surface area contributed by atoms with Gasteiger partial charge in [-0.25, -0.2) is 0 Å². The Kier molecular flexibility index (Phi) is 9.22. The summed E-state index contributed by atoms with van der Waals surface area (Å²) in [5.41, 5.74) is 0. The molecule has 6 nitrogen and oxygen atoms in total. The maximum absolute atomic E-state index is 11.6. The molecule has 1 N–H and O–H groups in total. The molecule has 2 amide bonds. The van der Waals surface area contributed by atoms with E-state index in [0.29, 0.717) is 25.7 Å². The van der Waals surface area contributed by atoms with Gasteiger partial charge < -0.3 is 19.7 Å². The molecule has 0 aromatic carbocycles. The van der Waals surface area contributed by atoms with Gasteiger partial charge in [-0.1, -0.05) is 13.8 Å². The maximum Gasteiger partial charge on any atom is 0.248 e. The molecule has 6 heteroatoms. The van der Waals surface area contributed by atoms with E-state index in [2.05, 4.69) is 5.32 Å². The van der Waals surface area contributed by atoms with Gasteiger partial charge in [0.2, 0.25) is 11.8 Å². The Morgan fingerprint density at radius 2 is 1.94 bits per heavy atom. The number of amides is 2. The van der Waals surface area contributed by atoms with Gasteiger partial charge in [-0.15, -0.1) is 0 Å². The van der Waals surface area contributed by atoms with Gasteiger partial charge in [-0.05, 0) is 5.92 Å². The van der Waals surface area contributed by atoms with Crippen molar-refractivity contribution in [1.82, 2.24) is 10.2 Å². The van der Waals surface area contributed by atoms with Gasteiger partial charge in [-0.2, -0.15) is 0 Å². The minimum absolute atomic E-state index is 0.0304. The summed E-state index contributed by atoms with van der Waals surface area (Å²) in [4.78, 5) is 24.4. The summed E-state index contributed by atoms with van der Waals surface area (Å²) < 4.78 is 9.88. The fourth-order valence-corrected chi connectivity index (χ4v) is 1.09. The lowest BCUT2D eigenvalue weighted by Gasteiger charge is -2.17. The number of ether oxygens (including phenoxy) is 2. The highest BCUT2D eigenvalue weighted by Gasteiger charge is 2.12. The first-order chi connectivity index (χ1) is 8.47. The van der Waals surface area contributed by atoms with E-state index >= 15 is 0 Å². The Bertz CT molecular complexity index is 256. The van der Waals surface area contributed by atoms with E-state index in [0.717, 1.165) is 0 Å². The van der Waals surface area contributed by atoms with Gasteiger partial charge in [0.1, 0.15) is 6.61 Å². The van der Waals surface area contributed by atoms with Crippen LogP contribution in [0.5, 0.6) is 0 Å². The van der Waals surface area contributed by atoms with E-state index in [1.807, 2.05) is 13.8 Å². The standard InChI is InChI=1S/C12H24N2O4/c1-10(2)7-13-11(15)8-14(3)12(16)9-18-6-5-17-4/h10H,5-9H2,1-4H3,(H,13,15). The van der Waals surface area contributed by atoms with Crippen molar-refractivity contribution in [3.8, 4) is 0 Å². The zero-order valence-corrected chi connectivity index (χ0v) is 11.7. The van der Waals surface area contributed by atoms with Crippen LogP contribution in [0.25, 0.3) is 0 Å². The zero-order chi connectivity index (χ0) is 14.0. The van der Waals surface area contributed by atoms with Crippen LogP contribution in [-0.2, 0) is 19.1 Å². The Morgan fingerprint density at radius 1 is 1.28 bits per heavy atom. The summed E-state index contributed by atoms with van der Waals surface area (Å²) in [5.74, 6) is 0.0228. The molecule has 0 spiro atoms. The highest BCUT2D eigenvalue weighted by molar-refractivity contribution is 5.85. The van der Waals surface area contributed by atoms with Crippen molar-refractivity contribution in [3.05, 3.63) is 0 Å². The van der Waals surface area contributed by atoms with Crippen molar-refractivity contribution in [2.75, 3.05) is 47.1 Å². The number of nitrogens with zero attached hydrogens (tertiary/aromatic N) is 1. The molecule has 0 aliphatic rings. The number of hydrogen-bond acceptors (Lipinski definition) is 4. The maximum atomic E-state index is 11.6. The summed E-state index contributed by atoms with van der Waals surface area (Å²) in [5, 5.41) is 2.75. The van der Waals surface area contributed by atoms with Gasteiger partial charge in [0, 0.05) is 20.7 Å². The van der Waals surface area contributed by atoms with Crippen molar-refractivity contribution in [3.63, 3.8) is 0 Å². The first kappa shape index (κ1) is 16.9. The van der Waals surface area contributed by atoms with E-state index in [9.17, 15) is 9.59 Å². The van der Waals surface area contributed by atoms with Crippen molar-refractivity contribution >= 4 is 11.8 Å². The molecular weight excluding hydrogens is 236 g/mol. The molecule has 0 unspecified atom stereocenters. The average Bonchev–Trinajstić information content (AvgIpc) is 2.31. The number of hydrogen-bond donors (Lipinski definition) is 1. The van der Waals surface area contributed by atoms with Crippen LogP contribution < -0.4 is 5.32 Å². The first-order valence-corrected chi connectivity index (χ1v) is 6.04. The third kappa shape index (κ3) is 8.95. The quantitative estimate of drug-likeness (QED) is 0.587. The lowest BCUT2D eigenvalue weighted by atomic mass is 10.2. The Hall–Kier alpha value is -1.14. The summed E-state index contributed by atoms with van der Waals surface area (Å²) in [6, 6.07) is 0. The molecular formula is C12H24N2O4. The summed E-state index contributed by atoms with van der Waals surface area (Å²) in [6.07, 6.45) is 0. The monoisotopic (exact) mass is 260 g/mol. The SMILES string of the molecule is COCCOCC(=O)N(C)CC(=O)NCC(C)C. The minimum Gasteiger partial charge on any atom is -0.382 e. The molecule has 0 heterocycles. The molecule has 0 aromatic heterocycles. The molecule has 0 rings (SSSR count). The minimum atomic E-state index is -0.217. The van der Waals surface area contributed by atoms with Gasteiger partial charge in [0.15, 0.2) is 0 Å². The predicted octanol–water partition coefficient (Wildman–Crippen LogP) is -0.120. The van der Waals surface area contributed by atoms with Gasteiger partial charge >= 0.3 is 0 Å². The van der Waals surface area contributed by atoms with Gasteiger partial charge in [0.25, 0.3) is 0 Å². The Morgan fingerprint density at radius 3 is 2.50 bits per heavy atom. The predicted molar refractivity (Wildman–Crippen MR) is 68.2 cm³/mol. The molecule has 0 aliphatic carbocycles. The molecule has 0 fully saturated rings. The number of carbonyl (C=O) groups is 2. The lowest BCUT2D eigenvalue weighted by molar-refractivity contribution is -0.138. The van der Waals surface area contributed by atoms with E-state index in [-0.39, 0.29) is 25.0 Å². The van der Waals surface area contributed by atoms with Crippen LogP contribution in [0.1, 0.15) is 13.8 Å². The molecule has 0 saturated carbocycles. The van der Waals surface area contributed by atoms with Crippen LogP contribution in [0, 0.1) is 5.92 Å². The molecule has 0 saturated heterocycles. The average molecular weight is 260 g/mol. The van der Waals surface area contributed by atoms with E-state index < -0.39 is 0 Å². The van der Waals surface area contributed by atoms with Crippen molar-refractivity contribution in [2.24, 2.45) is 5.92 Å². The van der Waals surface area contributed by atoms with Crippen LogP contribution in [-0.4, -0.2) is 63.8 Å². The molecule has 0 aliphatic heterocycles. The van der Waals surface area contributed by atoms with Gasteiger partial charge in [0.05, 0.1) is 19.8 Å². The fraction of sp³-hybridized carbons (Fsp3) is 0.833. The third-order valence-corrected chi connectivity index (χ3v) is 2.17. The molecule has 0 atom stereocenters. The van der Waals surface area contributed by atoms with Crippen LogP contribution in [0.3, 0.4) is 0 Å². The van der Waals surface area contributed by atoms with E-state index in [4.69, 9.17) is 9.47 Å². The van der Waals surface area contributed by atoms with Crippen LogP contribution in [0.15, 0.2) is 0 Å². The van der Waals surface area contributed by atoms with Crippen molar-refractivity contribution in [2.45, 2.75) is 13.8 Å². The van der Waals surface area contributed by atoms with Crippen molar-refractivity contribution < 1.29 is 19.1 Å². The topological polar surface area (TPSA) is 67.9 Å². The van der Waals surface area contributed by atoms with E-state index in [1.165, 1.54) is 4.90 Å². The number of likely N-dealkylation sites (N-methyl/N-ethyl adjacent to an activating group) is 1. The second-order valence-electron chi connectivity index (χ2n) is 4.49. The highest BCUT2D eigenvalue weighted by Crippen LogP contribution is 1.90. The molecule has 0 aromatic rings. The summed E-state index contributed by atoms with van der Waals surface area (Å²) >= 11 is 0. The molecule has 0 bridgehead atoms. The smallest absolute Gasteiger partial charge is 0.248 e. The van der Waals surface area contributed by atoms with Crippen molar-refractivity contribution in [1.29, 1.82) is 0 Å². The van der Waals surface area contributed by atoms with Gasteiger partial charge in [-0.3, -0.25) is 9.59 Å². The first-order valence-electron chi connectivity index (χ1n) is 6.04. The zero-order valence-electron chi connectivity index (χ0n) is 11.7. The van der Waals surface area contributed by atoms with Crippen LogP contribution in [0.2, 0.25) is 0 Å². The lowest BCUT2D eigenvalue weighted by Crippen LogP contribution is -2.40. The second-order valence-corrected chi connectivity index (χ2v) is 4.49. The molecule has 18 heavy (non-hydrogen) atoms. The normalized spacial score (nSPS) is 10.5. The number of nitrogens with one attached hydrogen (secondary N) is 1. The molecule has 0 radical (unpaired) electrons. The number of methoxy groups -OCH3 is 1. The third-order valence-electron chi connectivity index (χ3n) is 2.17. The fourth-order valence-electron chi connectivity index (χ4n) is 1.09. The molecule has 106 valence electrons. The Labute approximate surface area is 109 Å². The van der Waals surface area contributed by atoms with Crippen LogP contribution in [0.4, 0.5) is 0 Å². The Balaban J connectivity index is 3.75. The highest BCUT2D eigenvalue weighted by atomic mass is 16.5. The second kappa shape index (κ2) is 9.85. The van der Waals surface area contributed by atoms with E-state index in [1.54, 1.807) is 14.2 Å². The number of carbonyl (C=O) groups excluding carboxylic acids is 2. The number of rotatable bonds is 9. The van der Waals surface area contributed by atoms with Crippen LogP contribution >= 0.6 is 0 Å². The summed E-state index contributed by atoms with van der Waals surface area (Å²) in [6.45, 7) is 5.49. The summed E-state index contributed by atoms with van der Waals surface area (Å²) in [7, 11) is 3.15.